The van der Waals surface area contributed by atoms with Crippen molar-refractivity contribution in [3.63, 3.8) is 0 Å². The lowest BCUT2D eigenvalue weighted by molar-refractivity contribution is -0.123. The van der Waals surface area contributed by atoms with E-state index in [1.165, 1.54) is 0 Å². The van der Waals surface area contributed by atoms with Gasteiger partial charge in [-0.25, -0.2) is 4.79 Å². The number of nitrogens with two attached hydrogens (primary N) is 1. The Balaban J connectivity index is 1.30. The molecule has 2 fully saturated rings. The fourth-order valence-corrected chi connectivity index (χ4v) is 6.48. The highest BCUT2D eigenvalue weighted by Crippen LogP contribution is 2.43. The zero-order valence-corrected chi connectivity index (χ0v) is 23.6. The van der Waals surface area contributed by atoms with Crippen molar-refractivity contribution in [1.82, 2.24) is 9.88 Å². The highest BCUT2D eigenvalue weighted by atomic mass is 16.6. The maximum absolute atomic E-state index is 13.4. The first-order valence-corrected chi connectivity index (χ1v) is 14.2. The smallest absolute Gasteiger partial charge is 0.411 e. The molecule has 7 nitrogen and oxygen atoms in total. The topological polar surface area (TPSA) is 106 Å². The Morgan fingerprint density at radius 2 is 1.68 bits per heavy atom. The summed E-state index contributed by atoms with van der Waals surface area (Å²) in [4.78, 5) is 32.0. The molecule has 0 spiro atoms. The molecular formula is C33H39N3O4. The lowest BCUT2D eigenvalue weighted by Gasteiger charge is -2.45. The zero-order chi connectivity index (χ0) is 28.5. The van der Waals surface area contributed by atoms with Crippen LogP contribution in [0.25, 0.3) is 11.1 Å². The first-order chi connectivity index (χ1) is 19.0. The molecule has 7 heteroatoms. The molecule has 0 unspecified atom stereocenters. The van der Waals surface area contributed by atoms with Gasteiger partial charge >= 0.3 is 6.09 Å². The molecule has 5 rings (SSSR count). The van der Waals surface area contributed by atoms with Crippen molar-refractivity contribution in [3.8, 4) is 11.1 Å². The number of amides is 2. The van der Waals surface area contributed by atoms with Crippen molar-refractivity contribution in [2.45, 2.75) is 82.0 Å². The Labute approximate surface area is 236 Å². The third kappa shape index (κ3) is 5.35. The van der Waals surface area contributed by atoms with Crippen molar-refractivity contribution in [3.05, 3.63) is 89.7 Å². The SMILES string of the molecule is C[C@@H](c1ccc(-c2ccc(C3(C(N)=O)CCCC3)nc2)cc1)N1CC[C@](CC(C)(C)O)(c2ccccc2)OC1=O. The van der Waals surface area contributed by atoms with E-state index in [9.17, 15) is 14.7 Å². The maximum atomic E-state index is 13.4. The van der Waals surface area contributed by atoms with Crippen LogP contribution >= 0.6 is 0 Å². The van der Waals surface area contributed by atoms with Gasteiger partial charge in [-0.15, -0.1) is 0 Å². The average Bonchev–Trinajstić information content (AvgIpc) is 3.44. The molecule has 2 amide bonds. The number of nitrogens with zero attached hydrogens (tertiary/aromatic N) is 2. The molecule has 210 valence electrons. The van der Waals surface area contributed by atoms with E-state index in [4.69, 9.17) is 10.5 Å². The second-order valence-corrected chi connectivity index (χ2v) is 12.0. The predicted molar refractivity (Wildman–Crippen MR) is 154 cm³/mol. The van der Waals surface area contributed by atoms with E-state index in [-0.39, 0.29) is 18.0 Å². The Hall–Kier alpha value is -3.71. The largest absolute Gasteiger partial charge is 0.438 e. The van der Waals surface area contributed by atoms with E-state index in [0.717, 1.165) is 53.6 Å². The van der Waals surface area contributed by atoms with Crippen LogP contribution in [0.4, 0.5) is 4.79 Å². The monoisotopic (exact) mass is 541 g/mol. The summed E-state index contributed by atoms with van der Waals surface area (Å²) in [7, 11) is 0. The minimum Gasteiger partial charge on any atom is -0.438 e. The van der Waals surface area contributed by atoms with E-state index in [2.05, 4.69) is 4.98 Å². The number of aliphatic hydroxyl groups is 1. The number of pyridine rings is 1. The number of cyclic esters (lactones) is 1. The highest BCUT2D eigenvalue weighted by molar-refractivity contribution is 5.86. The Bertz CT molecular complexity index is 1340. The van der Waals surface area contributed by atoms with Crippen molar-refractivity contribution in [2.75, 3.05) is 6.54 Å². The number of benzene rings is 2. The molecule has 1 saturated carbocycles. The number of primary amides is 1. The molecule has 1 aliphatic heterocycles. The Morgan fingerprint density at radius 3 is 2.23 bits per heavy atom. The van der Waals surface area contributed by atoms with Gasteiger partial charge in [0.15, 0.2) is 0 Å². The molecule has 0 radical (unpaired) electrons. The van der Waals surface area contributed by atoms with E-state index in [0.29, 0.717) is 19.4 Å². The Kier molecular flexibility index (Phi) is 7.44. The van der Waals surface area contributed by atoms with Crippen LogP contribution in [0.1, 0.15) is 82.2 Å². The van der Waals surface area contributed by atoms with E-state index < -0.39 is 16.6 Å². The number of hydrogen-bond acceptors (Lipinski definition) is 5. The van der Waals surface area contributed by atoms with Crippen LogP contribution in [0, 0.1) is 0 Å². The number of hydrogen-bond donors (Lipinski definition) is 2. The number of carbonyl (C=O) groups is 2. The second kappa shape index (κ2) is 10.7. The molecule has 1 saturated heterocycles. The first kappa shape index (κ1) is 27.8. The Morgan fingerprint density at radius 1 is 1.02 bits per heavy atom. The van der Waals surface area contributed by atoms with E-state index in [1.807, 2.05) is 79.9 Å². The van der Waals surface area contributed by atoms with Crippen LogP contribution in [0.2, 0.25) is 0 Å². The standard InChI is InChI=1S/C33H39N3O4/c1-23(36-20-19-33(40-30(36)38,22-31(2,3)39)27-9-5-4-6-10-27)24-11-13-25(14-12-24)26-15-16-28(35-21-26)32(29(34)37)17-7-8-18-32/h4-6,9-16,21,23,39H,7-8,17-20,22H2,1-3H3,(H2,34,37)/t23-,33-/m0/s1. The summed E-state index contributed by atoms with van der Waals surface area (Å²) in [6.45, 7) is 6.01. The summed E-state index contributed by atoms with van der Waals surface area (Å²) < 4.78 is 6.15. The van der Waals surface area contributed by atoms with Gasteiger partial charge in [0, 0.05) is 31.1 Å². The molecule has 0 bridgehead atoms. The van der Waals surface area contributed by atoms with Gasteiger partial charge in [0.2, 0.25) is 5.91 Å². The van der Waals surface area contributed by atoms with Gasteiger partial charge in [-0.3, -0.25) is 9.78 Å². The lowest BCUT2D eigenvalue weighted by atomic mass is 9.80. The van der Waals surface area contributed by atoms with E-state index >= 15 is 0 Å². The number of carbonyl (C=O) groups excluding carboxylic acids is 2. The fraction of sp³-hybridized carbons (Fsp3) is 0.424. The zero-order valence-electron chi connectivity index (χ0n) is 23.6. The molecule has 3 N–H and O–H groups in total. The van der Waals surface area contributed by atoms with Crippen LogP contribution < -0.4 is 5.73 Å². The van der Waals surface area contributed by atoms with Crippen LogP contribution in [0.3, 0.4) is 0 Å². The van der Waals surface area contributed by atoms with Crippen LogP contribution in [-0.4, -0.2) is 39.1 Å². The lowest BCUT2D eigenvalue weighted by Crippen LogP contribution is -2.51. The van der Waals surface area contributed by atoms with E-state index in [1.54, 1.807) is 18.7 Å². The third-order valence-electron chi connectivity index (χ3n) is 8.67. The summed E-state index contributed by atoms with van der Waals surface area (Å²) in [5.74, 6) is -0.291. The average molecular weight is 542 g/mol. The number of ether oxygens (including phenoxy) is 1. The normalized spacial score (nSPS) is 21.6. The number of aromatic nitrogens is 1. The molecule has 3 aromatic rings. The summed E-state index contributed by atoms with van der Waals surface area (Å²) in [6.07, 6.45) is 5.82. The summed E-state index contributed by atoms with van der Waals surface area (Å²) in [5.41, 5.74) is 7.87. The van der Waals surface area contributed by atoms with Gasteiger partial charge in [-0.1, -0.05) is 73.5 Å². The second-order valence-electron chi connectivity index (χ2n) is 12.0. The molecule has 2 aliphatic rings. The molecular weight excluding hydrogens is 502 g/mol. The van der Waals surface area contributed by atoms with Gasteiger partial charge in [-0.05, 0) is 56.4 Å². The molecule has 2 aromatic carbocycles. The maximum Gasteiger partial charge on any atom is 0.411 e. The fourth-order valence-electron chi connectivity index (χ4n) is 6.48. The van der Waals surface area contributed by atoms with Gasteiger partial charge in [0.1, 0.15) is 5.60 Å². The van der Waals surface area contributed by atoms with Gasteiger partial charge in [0.05, 0.1) is 22.8 Å². The molecule has 1 aromatic heterocycles. The van der Waals surface area contributed by atoms with Gasteiger partial charge in [-0.2, -0.15) is 0 Å². The highest BCUT2D eigenvalue weighted by Gasteiger charge is 2.46. The third-order valence-corrected chi connectivity index (χ3v) is 8.67. The minimum absolute atomic E-state index is 0.184. The summed E-state index contributed by atoms with van der Waals surface area (Å²) in [5, 5.41) is 10.6. The molecule has 40 heavy (non-hydrogen) atoms. The van der Waals surface area contributed by atoms with Gasteiger partial charge in [0.25, 0.3) is 0 Å². The molecule has 2 atom stereocenters. The van der Waals surface area contributed by atoms with Crippen LogP contribution in [0.5, 0.6) is 0 Å². The summed E-state index contributed by atoms with van der Waals surface area (Å²) >= 11 is 0. The van der Waals surface area contributed by atoms with Crippen LogP contribution in [-0.2, 0) is 20.5 Å². The van der Waals surface area contributed by atoms with Crippen molar-refractivity contribution >= 4 is 12.0 Å². The van der Waals surface area contributed by atoms with Crippen molar-refractivity contribution in [1.29, 1.82) is 0 Å². The van der Waals surface area contributed by atoms with Crippen LogP contribution in [0.15, 0.2) is 72.9 Å². The first-order valence-electron chi connectivity index (χ1n) is 14.2. The quantitative estimate of drug-likeness (QED) is 0.364. The number of rotatable bonds is 8. The summed E-state index contributed by atoms with van der Waals surface area (Å²) in [6, 6.07) is 21.6. The van der Waals surface area contributed by atoms with Crippen molar-refractivity contribution in [2.24, 2.45) is 5.73 Å². The molecule has 2 heterocycles. The van der Waals surface area contributed by atoms with Crippen molar-refractivity contribution < 1.29 is 19.4 Å². The van der Waals surface area contributed by atoms with Gasteiger partial charge < -0.3 is 20.5 Å². The molecule has 1 aliphatic carbocycles. The minimum atomic E-state index is -0.996. The predicted octanol–water partition coefficient (Wildman–Crippen LogP) is 6.01.